The number of carbonyl (C=O) groups is 1. The van der Waals surface area contributed by atoms with Gasteiger partial charge in [-0.1, -0.05) is 66.2 Å². The van der Waals surface area contributed by atoms with Crippen LogP contribution in [0, 0.1) is 10.1 Å². The van der Waals surface area contributed by atoms with Crippen LogP contribution in [-0.4, -0.2) is 87.2 Å². The van der Waals surface area contributed by atoms with Crippen molar-refractivity contribution in [3.63, 3.8) is 0 Å². The first kappa shape index (κ1) is 41.2. The van der Waals surface area contributed by atoms with Gasteiger partial charge in [0.15, 0.2) is 0 Å². The molecule has 0 aromatic heterocycles. The number of carbonyl (C=O) groups excluding carboxylic acids is 1. The van der Waals surface area contributed by atoms with Crippen LogP contribution in [0.5, 0.6) is 0 Å². The molecule has 1 fully saturated rings. The predicted octanol–water partition coefficient (Wildman–Crippen LogP) is 8.20. The zero-order chi connectivity index (χ0) is 40.8. The highest BCUT2D eigenvalue weighted by atomic mass is 35.5. The molecule has 0 saturated carbocycles. The lowest BCUT2D eigenvalue weighted by Gasteiger charge is -2.46. The van der Waals surface area contributed by atoms with E-state index in [2.05, 4.69) is 56.2 Å². The number of nitrogens with zero attached hydrogens (tertiary/aromatic N) is 4. The molecule has 1 amide bonds. The van der Waals surface area contributed by atoms with Gasteiger partial charge in [-0.05, 0) is 117 Å². The van der Waals surface area contributed by atoms with Crippen molar-refractivity contribution in [1.29, 1.82) is 0 Å². The van der Waals surface area contributed by atoms with Gasteiger partial charge in [-0.3, -0.25) is 19.8 Å². The van der Waals surface area contributed by atoms with E-state index in [0.717, 1.165) is 73.3 Å². The molecule has 0 bridgehead atoms. The number of halogens is 1. The van der Waals surface area contributed by atoms with E-state index in [1.54, 1.807) is 23.9 Å². The number of nitrogens with one attached hydrogen (secondary N) is 2. The average Bonchev–Trinajstić information content (AvgIpc) is 3.22. The van der Waals surface area contributed by atoms with Gasteiger partial charge >= 0.3 is 0 Å². The van der Waals surface area contributed by atoms with E-state index in [1.165, 1.54) is 23.3 Å². The molecule has 0 radical (unpaired) electrons. The average molecular weight is 839 g/mol. The number of hydrogen-bond donors (Lipinski definition) is 2. The smallest absolute Gasteiger partial charge is 0.293 e. The third-order valence-corrected chi connectivity index (χ3v) is 13.5. The van der Waals surface area contributed by atoms with E-state index >= 15 is 0 Å². The number of rotatable bonds is 15. The second-order valence-electron chi connectivity index (χ2n) is 15.1. The van der Waals surface area contributed by atoms with Crippen LogP contribution in [0.3, 0.4) is 0 Å². The standard InChI is InChI=1S/C44H47ClN6O5S2/c1-48(2)23-22-36(30-57-38-9-4-3-5-10-38)46-41-20-19-39(27-43(41)51(53)54)58(55,56)47-44(52)33-15-21-42-32(26-33)14-18-37-29-49(24-25-50(37)42)28-34-8-6-7-11-40(34)31-12-16-35(45)17-13-31/h3-13,15-17,19-21,26-27,36-37,46H,14,18,22-25,28-30H2,1-2H3,(H,47,52)/t36-,37-/m0/s1. The molecule has 58 heavy (non-hydrogen) atoms. The molecular formula is C44H47ClN6O5S2. The van der Waals surface area contributed by atoms with Gasteiger partial charge < -0.3 is 15.1 Å². The molecule has 2 aliphatic rings. The van der Waals surface area contributed by atoms with Crippen LogP contribution in [0.4, 0.5) is 17.1 Å². The summed E-state index contributed by atoms with van der Waals surface area (Å²) in [6.45, 7) is 4.18. The molecule has 5 aromatic rings. The van der Waals surface area contributed by atoms with Crippen molar-refractivity contribution in [3.8, 4) is 11.1 Å². The van der Waals surface area contributed by atoms with Crippen LogP contribution < -0.4 is 14.9 Å². The Balaban J connectivity index is 1.000. The number of amides is 1. The number of thioether (sulfide) groups is 1. The monoisotopic (exact) mass is 838 g/mol. The van der Waals surface area contributed by atoms with Gasteiger partial charge in [0.25, 0.3) is 21.6 Å². The number of piperazine rings is 1. The van der Waals surface area contributed by atoms with Gasteiger partial charge in [-0.15, -0.1) is 11.8 Å². The molecule has 2 N–H and O–H groups in total. The van der Waals surface area contributed by atoms with Crippen molar-refractivity contribution in [2.45, 2.75) is 47.7 Å². The Kier molecular flexibility index (Phi) is 13.0. The van der Waals surface area contributed by atoms with Crippen molar-refractivity contribution in [2.24, 2.45) is 0 Å². The number of hydrogen-bond acceptors (Lipinski definition) is 10. The maximum atomic E-state index is 13.5. The van der Waals surface area contributed by atoms with E-state index in [4.69, 9.17) is 11.6 Å². The summed E-state index contributed by atoms with van der Waals surface area (Å²) in [6, 6.07) is 35.5. The highest BCUT2D eigenvalue weighted by Gasteiger charge is 2.33. The summed E-state index contributed by atoms with van der Waals surface area (Å²) in [6.07, 6.45) is 2.36. The van der Waals surface area contributed by atoms with Crippen LogP contribution in [0.15, 0.2) is 125 Å². The zero-order valence-electron chi connectivity index (χ0n) is 32.5. The number of fused-ring (bicyclic) bond motifs is 3. The molecule has 302 valence electrons. The van der Waals surface area contributed by atoms with Gasteiger partial charge in [-0.2, -0.15) is 0 Å². The van der Waals surface area contributed by atoms with Gasteiger partial charge in [0.05, 0.1) is 9.82 Å². The van der Waals surface area contributed by atoms with Crippen molar-refractivity contribution < 1.29 is 18.1 Å². The van der Waals surface area contributed by atoms with E-state index in [-0.39, 0.29) is 27.9 Å². The van der Waals surface area contributed by atoms with Crippen LogP contribution in [-0.2, 0) is 23.0 Å². The molecule has 2 heterocycles. The maximum Gasteiger partial charge on any atom is 0.293 e. The van der Waals surface area contributed by atoms with Crippen LogP contribution >= 0.6 is 23.4 Å². The Morgan fingerprint density at radius 3 is 2.48 bits per heavy atom. The molecule has 11 nitrogen and oxygen atoms in total. The number of benzene rings is 5. The minimum atomic E-state index is -4.44. The van der Waals surface area contributed by atoms with Gasteiger partial charge in [0, 0.05) is 71.3 Å². The van der Waals surface area contributed by atoms with E-state index in [1.807, 2.05) is 67.5 Å². The molecule has 0 aliphatic carbocycles. The van der Waals surface area contributed by atoms with E-state index in [9.17, 15) is 23.3 Å². The molecule has 5 aromatic carbocycles. The Hall–Kier alpha value is -4.92. The van der Waals surface area contributed by atoms with Crippen LogP contribution in [0.1, 0.15) is 34.3 Å². The van der Waals surface area contributed by atoms with Crippen molar-refractivity contribution in [1.82, 2.24) is 14.5 Å². The second-order valence-corrected chi connectivity index (χ2v) is 18.3. The Bertz CT molecular complexity index is 2360. The van der Waals surface area contributed by atoms with E-state index in [0.29, 0.717) is 23.2 Å². The summed E-state index contributed by atoms with van der Waals surface area (Å²) in [5.41, 5.74) is 5.69. The quantitative estimate of drug-likeness (QED) is 0.0605. The highest BCUT2D eigenvalue weighted by molar-refractivity contribution is 7.99. The normalized spacial score (nSPS) is 16.0. The first-order valence-electron chi connectivity index (χ1n) is 19.3. The molecule has 1 saturated heterocycles. The van der Waals surface area contributed by atoms with Crippen molar-refractivity contribution >= 4 is 56.4 Å². The molecule has 0 spiro atoms. The third kappa shape index (κ3) is 10.0. The Morgan fingerprint density at radius 2 is 1.72 bits per heavy atom. The molecule has 2 aliphatic heterocycles. The van der Waals surface area contributed by atoms with Crippen molar-refractivity contribution in [2.75, 3.05) is 56.2 Å². The molecular weight excluding hydrogens is 792 g/mol. The topological polar surface area (TPSA) is 128 Å². The summed E-state index contributed by atoms with van der Waals surface area (Å²) >= 11 is 7.79. The lowest BCUT2D eigenvalue weighted by atomic mass is 9.92. The summed E-state index contributed by atoms with van der Waals surface area (Å²) in [5, 5.41) is 16.2. The lowest BCUT2D eigenvalue weighted by molar-refractivity contribution is -0.384. The van der Waals surface area contributed by atoms with E-state index < -0.39 is 20.9 Å². The lowest BCUT2D eigenvalue weighted by Crippen LogP contribution is -2.54. The van der Waals surface area contributed by atoms with Crippen molar-refractivity contribution in [3.05, 3.63) is 147 Å². The fourth-order valence-corrected chi connectivity index (χ4v) is 9.82. The second kappa shape index (κ2) is 18.3. The SMILES string of the molecule is CN(C)CC[C@@H](CSc1ccccc1)Nc1ccc(S(=O)(=O)NC(=O)c2ccc3c(c2)CC[C@H]2CN(Cc4ccccc4-c4ccc(Cl)cc4)CCN32)cc1[N+](=O)[O-]. The summed E-state index contributed by atoms with van der Waals surface area (Å²) < 4.78 is 29.2. The summed E-state index contributed by atoms with van der Waals surface area (Å²) in [4.78, 5) is 32.7. The number of nitro benzene ring substituents is 1. The zero-order valence-corrected chi connectivity index (χ0v) is 34.9. The Labute approximate surface area is 349 Å². The third-order valence-electron chi connectivity index (χ3n) is 10.7. The predicted molar refractivity (Wildman–Crippen MR) is 234 cm³/mol. The molecule has 14 heteroatoms. The maximum absolute atomic E-state index is 13.5. The summed E-state index contributed by atoms with van der Waals surface area (Å²) in [7, 11) is -0.509. The minimum absolute atomic E-state index is 0.139. The number of aryl methyl sites for hydroxylation is 1. The van der Waals surface area contributed by atoms with Gasteiger partial charge in [-0.25, -0.2) is 13.1 Å². The fourth-order valence-electron chi connectivity index (χ4n) is 7.70. The van der Waals surface area contributed by atoms with Gasteiger partial charge in [0.2, 0.25) is 0 Å². The molecule has 7 rings (SSSR count). The molecule has 2 atom stereocenters. The summed E-state index contributed by atoms with van der Waals surface area (Å²) in [5.74, 6) is -0.149. The van der Waals surface area contributed by atoms with Crippen LogP contribution in [0.25, 0.3) is 11.1 Å². The van der Waals surface area contributed by atoms with Crippen LogP contribution in [0.2, 0.25) is 5.02 Å². The first-order chi connectivity index (χ1) is 27.9. The number of nitro groups is 1. The number of anilines is 2. The number of sulfonamides is 1. The highest BCUT2D eigenvalue weighted by Crippen LogP contribution is 2.35. The largest absolute Gasteiger partial charge is 0.376 e. The minimum Gasteiger partial charge on any atom is -0.376 e. The van der Waals surface area contributed by atoms with Gasteiger partial charge in [0.1, 0.15) is 5.69 Å². The fraction of sp³-hybridized carbons (Fsp3) is 0.295. The Morgan fingerprint density at radius 1 is 0.966 bits per heavy atom. The molecule has 0 unspecified atom stereocenters. The first-order valence-corrected chi connectivity index (χ1v) is 22.2.